The van der Waals surface area contributed by atoms with Gasteiger partial charge in [0.05, 0.1) is 5.88 Å². The Kier molecular flexibility index (Phi) is 4.38. The zero-order chi connectivity index (χ0) is 11.5. The molecule has 15 heavy (non-hydrogen) atoms. The summed E-state index contributed by atoms with van der Waals surface area (Å²) in [5.74, 6) is -0.583. The van der Waals surface area contributed by atoms with E-state index in [9.17, 15) is 13.2 Å². The predicted octanol–water partition coefficient (Wildman–Crippen LogP) is -0.310. The van der Waals surface area contributed by atoms with Gasteiger partial charge in [-0.15, -0.1) is 11.8 Å². The summed E-state index contributed by atoms with van der Waals surface area (Å²) in [5.41, 5.74) is 0. The van der Waals surface area contributed by atoms with Crippen LogP contribution in [0.5, 0.6) is 0 Å². The monoisotopic (exact) mass is 254 g/mol. The number of nitrogens with zero attached hydrogens (tertiary/aromatic N) is 1. The fourth-order valence-electron chi connectivity index (χ4n) is 1.17. The number of rotatable bonds is 5. The van der Waals surface area contributed by atoms with E-state index >= 15 is 0 Å². The van der Waals surface area contributed by atoms with E-state index in [1.807, 2.05) is 6.92 Å². The van der Waals surface area contributed by atoms with Gasteiger partial charge in [0.2, 0.25) is 0 Å². The van der Waals surface area contributed by atoms with Crippen LogP contribution < -0.4 is 4.72 Å². The second-order valence-electron chi connectivity index (χ2n) is 3.14. The molecule has 8 heteroatoms. The summed E-state index contributed by atoms with van der Waals surface area (Å²) in [6.45, 7) is 2.17. The maximum Gasteiger partial charge on any atom is 0.322 e. The summed E-state index contributed by atoms with van der Waals surface area (Å²) in [5, 5.41) is 8.83. The van der Waals surface area contributed by atoms with Gasteiger partial charge in [0.1, 0.15) is 6.04 Å². The molecule has 88 valence electrons. The molecule has 0 aliphatic carbocycles. The van der Waals surface area contributed by atoms with Gasteiger partial charge in [-0.3, -0.25) is 4.79 Å². The number of aliphatic carboxylic acids is 1. The maximum absolute atomic E-state index is 11.6. The van der Waals surface area contributed by atoms with Crippen molar-refractivity contribution in [3.05, 3.63) is 0 Å². The van der Waals surface area contributed by atoms with Crippen molar-refractivity contribution in [3.8, 4) is 0 Å². The second-order valence-corrected chi connectivity index (χ2v) is 5.85. The minimum Gasteiger partial charge on any atom is -0.480 e. The van der Waals surface area contributed by atoms with Gasteiger partial charge in [0, 0.05) is 12.3 Å². The summed E-state index contributed by atoms with van der Waals surface area (Å²) in [4.78, 5) is 10.8. The average Bonchev–Trinajstić information content (AvgIpc) is 2.63. The van der Waals surface area contributed by atoms with Crippen molar-refractivity contribution < 1.29 is 18.3 Å². The number of carboxylic acids is 1. The van der Waals surface area contributed by atoms with E-state index in [4.69, 9.17) is 5.11 Å². The van der Waals surface area contributed by atoms with Gasteiger partial charge in [-0.05, 0) is 6.42 Å². The molecule has 0 spiro atoms. The molecule has 1 unspecified atom stereocenters. The Bertz CT molecular complexity index is 330. The van der Waals surface area contributed by atoms with Crippen molar-refractivity contribution in [2.75, 3.05) is 18.2 Å². The SMILES string of the molecule is CCCNS(=O)(=O)N1CSCC1C(=O)O. The van der Waals surface area contributed by atoms with Crippen molar-refractivity contribution in [1.82, 2.24) is 9.03 Å². The molecular weight excluding hydrogens is 240 g/mol. The quantitative estimate of drug-likeness (QED) is 0.703. The molecule has 1 aliphatic heterocycles. The van der Waals surface area contributed by atoms with Crippen LogP contribution in [0.25, 0.3) is 0 Å². The van der Waals surface area contributed by atoms with Crippen LogP contribution in [0.4, 0.5) is 0 Å². The molecule has 0 aromatic carbocycles. The van der Waals surface area contributed by atoms with Crippen LogP contribution >= 0.6 is 11.8 Å². The van der Waals surface area contributed by atoms with E-state index < -0.39 is 22.2 Å². The summed E-state index contributed by atoms with van der Waals surface area (Å²) < 4.78 is 26.6. The van der Waals surface area contributed by atoms with Crippen molar-refractivity contribution in [1.29, 1.82) is 0 Å². The van der Waals surface area contributed by atoms with E-state index in [0.29, 0.717) is 18.7 Å². The zero-order valence-corrected chi connectivity index (χ0v) is 9.97. The molecule has 0 bridgehead atoms. The van der Waals surface area contributed by atoms with Gasteiger partial charge in [-0.2, -0.15) is 12.7 Å². The normalized spacial score (nSPS) is 23.1. The molecule has 2 N–H and O–H groups in total. The van der Waals surface area contributed by atoms with Crippen molar-refractivity contribution in [3.63, 3.8) is 0 Å². The van der Waals surface area contributed by atoms with E-state index in [2.05, 4.69) is 4.72 Å². The molecule has 1 heterocycles. The van der Waals surface area contributed by atoms with Gasteiger partial charge in [0.15, 0.2) is 0 Å². The van der Waals surface area contributed by atoms with E-state index in [-0.39, 0.29) is 5.88 Å². The molecule has 1 fully saturated rings. The van der Waals surface area contributed by atoms with E-state index in [0.717, 1.165) is 4.31 Å². The molecule has 0 aromatic heterocycles. The highest BCUT2D eigenvalue weighted by Gasteiger charge is 2.38. The third-order valence-corrected chi connectivity index (χ3v) is 4.72. The third-order valence-electron chi connectivity index (χ3n) is 1.97. The number of carboxylic acid groups (broad SMARTS) is 1. The lowest BCUT2D eigenvalue weighted by molar-refractivity contribution is -0.140. The molecule has 0 radical (unpaired) electrons. The molecule has 0 aromatic rings. The summed E-state index contributed by atoms with van der Waals surface area (Å²) >= 11 is 1.30. The van der Waals surface area contributed by atoms with Crippen LogP contribution in [0.2, 0.25) is 0 Å². The Morgan fingerprint density at radius 2 is 2.33 bits per heavy atom. The minimum atomic E-state index is -3.63. The average molecular weight is 254 g/mol. The highest BCUT2D eigenvalue weighted by Crippen LogP contribution is 2.23. The number of hydrogen-bond acceptors (Lipinski definition) is 4. The molecule has 0 saturated carbocycles. The van der Waals surface area contributed by atoms with Crippen molar-refractivity contribution in [2.45, 2.75) is 19.4 Å². The highest BCUT2D eigenvalue weighted by molar-refractivity contribution is 8.00. The van der Waals surface area contributed by atoms with Gasteiger partial charge >= 0.3 is 5.97 Å². The highest BCUT2D eigenvalue weighted by atomic mass is 32.2. The molecule has 1 atom stereocenters. The summed E-state index contributed by atoms with van der Waals surface area (Å²) in [6, 6.07) is -0.940. The third kappa shape index (κ3) is 3.07. The zero-order valence-electron chi connectivity index (χ0n) is 8.34. The van der Waals surface area contributed by atoms with Gasteiger partial charge in [-0.1, -0.05) is 6.92 Å². The standard InChI is InChI=1S/C7H14N2O4S2/c1-2-3-8-15(12,13)9-5-14-4-6(9)7(10)11/h6,8H,2-5H2,1H3,(H,10,11). The molecule has 1 saturated heterocycles. The molecule has 1 rings (SSSR count). The number of nitrogens with one attached hydrogen (secondary N) is 1. The van der Waals surface area contributed by atoms with Crippen LogP contribution in [0.15, 0.2) is 0 Å². The molecule has 6 nitrogen and oxygen atoms in total. The summed E-state index contributed by atoms with van der Waals surface area (Å²) in [6.07, 6.45) is 0.679. The fourth-order valence-corrected chi connectivity index (χ4v) is 4.18. The second kappa shape index (κ2) is 5.15. The summed E-state index contributed by atoms with van der Waals surface area (Å²) in [7, 11) is -3.63. The molecule has 0 amide bonds. The lowest BCUT2D eigenvalue weighted by atomic mass is 10.4. The Labute approximate surface area is 93.2 Å². The molecular formula is C7H14N2O4S2. The first kappa shape index (κ1) is 12.8. The number of hydrogen-bond donors (Lipinski definition) is 2. The minimum absolute atomic E-state index is 0.204. The first-order valence-electron chi connectivity index (χ1n) is 4.56. The van der Waals surface area contributed by atoms with Crippen LogP contribution in [0, 0.1) is 0 Å². The van der Waals surface area contributed by atoms with E-state index in [1.54, 1.807) is 0 Å². The number of carbonyl (C=O) groups is 1. The Balaban J connectivity index is 2.73. The van der Waals surface area contributed by atoms with Crippen LogP contribution in [0.3, 0.4) is 0 Å². The Hall–Kier alpha value is -0.310. The first-order valence-corrected chi connectivity index (χ1v) is 7.15. The predicted molar refractivity (Wildman–Crippen MR) is 57.8 cm³/mol. The smallest absolute Gasteiger partial charge is 0.322 e. The van der Waals surface area contributed by atoms with Gasteiger partial charge in [-0.25, -0.2) is 4.72 Å². The largest absolute Gasteiger partial charge is 0.480 e. The topological polar surface area (TPSA) is 86.7 Å². The van der Waals surface area contributed by atoms with Crippen LogP contribution in [-0.2, 0) is 15.0 Å². The van der Waals surface area contributed by atoms with Crippen molar-refractivity contribution >= 4 is 27.9 Å². The Morgan fingerprint density at radius 3 is 2.87 bits per heavy atom. The van der Waals surface area contributed by atoms with Gasteiger partial charge in [0.25, 0.3) is 10.2 Å². The van der Waals surface area contributed by atoms with E-state index in [1.165, 1.54) is 11.8 Å². The maximum atomic E-state index is 11.6. The van der Waals surface area contributed by atoms with Crippen molar-refractivity contribution in [2.24, 2.45) is 0 Å². The Morgan fingerprint density at radius 1 is 1.67 bits per heavy atom. The van der Waals surface area contributed by atoms with Crippen LogP contribution in [-0.4, -0.2) is 48.0 Å². The first-order chi connectivity index (χ1) is 6.99. The lowest BCUT2D eigenvalue weighted by Gasteiger charge is -2.19. The molecule has 1 aliphatic rings. The number of thioether (sulfide) groups is 1. The lowest BCUT2D eigenvalue weighted by Crippen LogP contribution is -2.47. The van der Waals surface area contributed by atoms with Gasteiger partial charge < -0.3 is 5.11 Å². The fraction of sp³-hybridized carbons (Fsp3) is 0.857. The van der Waals surface area contributed by atoms with Crippen LogP contribution in [0.1, 0.15) is 13.3 Å².